The van der Waals surface area contributed by atoms with E-state index in [9.17, 15) is 4.79 Å². The maximum absolute atomic E-state index is 12.9. The minimum absolute atomic E-state index is 0.106. The van der Waals surface area contributed by atoms with Crippen LogP contribution in [0.15, 0.2) is 59.1 Å². The van der Waals surface area contributed by atoms with E-state index in [-0.39, 0.29) is 11.8 Å². The molecule has 0 bridgehead atoms. The minimum atomic E-state index is 0.106. The number of rotatable bonds is 6. The molecule has 4 rings (SSSR count). The molecule has 2 heterocycles. The smallest absolute Gasteiger partial charge is 0.227 e. The molecule has 0 spiro atoms. The van der Waals surface area contributed by atoms with Crippen molar-refractivity contribution >= 4 is 17.5 Å². The lowest BCUT2D eigenvalue weighted by molar-refractivity contribution is -0.131. The zero-order valence-corrected chi connectivity index (χ0v) is 17.8. The van der Waals surface area contributed by atoms with E-state index >= 15 is 0 Å². The number of piperidine rings is 1. The second-order valence-electron chi connectivity index (χ2n) is 7.64. The van der Waals surface area contributed by atoms with Crippen molar-refractivity contribution in [2.45, 2.75) is 31.6 Å². The highest BCUT2D eigenvalue weighted by Crippen LogP contribution is 2.28. The van der Waals surface area contributed by atoms with Gasteiger partial charge in [-0.05, 0) is 36.6 Å². The van der Waals surface area contributed by atoms with Crippen LogP contribution in [0, 0.1) is 0 Å². The molecule has 0 aliphatic carbocycles. The number of halogens is 1. The highest BCUT2D eigenvalue weighted by Gasteiger charge is 2.28. The van der Waals surface area contributed by atoms with Crippen molar-refractivity contribution in [1.82, 2.24) is 9.88 Å². The molecule has 1 aliphatic rings. The second-order valence-corrected chi connectivity index (χ2v) is 8.08. The lowest BCUT2D eigenvalue weighted by Gasteiger charge is -2.31. The number of carbonyl (C=O) groups is 1. The highest BCUT2D eigenvalue weighted by atomic mass is 35.5. The van der Waals surface area contributed by atoms with Gasteiger partial charge in [-0.3, -0.25) is 4.79 Å². The van der Waals surface area contributed by atoms with Crippen LogP contribution in [0.3, 0.4) is 0 Å². The van der Waals surface area contributed by atoms with Crippen LogP contribution in [-0.2, 0) is 17.6 Å². The van der Waals surface area contributed by atoms with E-state index in [2.05, 4.69) is 4.98 Å². The molecule has 1 fully saturated rings. The molecule has 1 aromatic heterocycles. The summed E-state index contributed by atoms with van der Waals surface area (Å²) in [6.07, 6.45) is 4.68. The number of ether oxygens (including phenoxy) is 1. The number of carbonyl (C=O) groups excluding carboxylic acids is 1. The Kier molecular flexibility index (Phi) is 6.38. The number of amides is 1. The number of likely N-dealkylation sites (tertiary alicyclic amines) is 1. The number of methoxy groups -OCH3 is 1. The molecule has 0 radical (unpaired) electrons. The molecule has 30 heavy (non-hydrogen) atoms. The van der Waals surface area contributed by atoms with Crippen LogP contribution in [0.2, 0.25) is 5.02 Å². The summed E-state index contributed by atoms with van der Waals surface area (Å²) < 4.78 is 11.4. The molecular formula is C24H25ClN2O3. The summed E-state index contributed by atoms with van der Waals surface area (Å²) in [5.41, 5.74) is 1.99. The minimum Gasteiger partial charge on any atom is -0.496 e. The first kappa shape index (κ1) is 20.5. The molecule has 2 aromatic carbocycles. The zero-order valence-electron chi connectivity index (χ0n) is 17.0. The van der Waals surface area contributed by atoms with Crippen molar-refractivity contribution in [2.24, 2.45) is 0 Å². The Balaban J connectivity index is 1.40. The van der Waals surface area contributed by atoms with Crippen LogP contribution in [0.25, 0.3) is 0 Å². The number of hydrogen-bond acceptors (Lipinski definition) is 4. The van der Waals surface area contributed by atoms with Gasteiger partial charge in [0.25, 0.3) is 0 Å². The van der Waals surface area contributed by atoms with Crippen LogP contribution in [0.1, 0.15) is 41.5 Å². The average Bonchev–Trinajstić information content (AvgIpc) is 3.23. The van der Waals surface area contributed by atoms with E-state index in [4.69, 9.17) is 20.8 Å². The largest absolute Gasteiger partial charge is 0.496 e. The van der Waals surface area contributed by atoms with Gasteiger partial charge in [0, 0.05) is 30.1 Å². The SMILES string of the molecule is COc1ccccc1CC(=O)N1CCC[C@H](c2ncc(Cc3cccc(Cl)c3)o2)C1. The normalized spacial score (nSPS) is 16.5. The van der Waals surface area contributed by atoms with E-state index in [1.807, 2.05) is 53.4 Å². The maximum Gasteiger partial charge on any atom is 0.227 e. The Morgan fingerprint density at radius 2 is 2.13 bits per heavy atom. The Bertz CT molecular complexity index is 1020. The molecule has 1 amide bonds. The first-order chi connectivity index (χ1) is 14.6. The Morgan fingerprint density at radius 1 is 1.27 bits per heavy atom. The second kappa shape index (κ2) is 9.35. The topological polar surface area (TPSA) is 55.6 Å². The number of benzene rings is 2. The third kappa shape index (κ3) is 4.85. The third-order valence-corrected chi connectivity index (χ3v) is 5.73. The van der Waals surface area contributed by atoms with Crippen LogP contribution in [-0.4, -0.2) is 36.0 Å². The van der Waals surface area contributed by atoms with Crippen molar-refractivity contribution in [1.29, 1.82) is 0 Å². The zero-order chi connectivity index (χ0) is 20.9. The van der Waals surface area contributed by atoms with E-state index in [1.54, 1.807) is 13.3 Å². The molecule has 1 atom stereocenters. The van der Waals surface area contributed by atoms with Gasteiger partial charge in [0.1, 0.15) is 11.5 Å². The van der Waals surface area contributed by atoms with Crippen LogP contribution in [0.5, 0.6) is 5.75 Å². The molecule has 5 nitrogen and oxygen atoms in total. The maximum atomic E-state index is 12.9. The highest BCUT2D eigenvalue weighted by molar-refractivity contribution is 6.30. The molecule has 0 unspecified atom stereocenters. The summed E-state index contributed by atoms with van der Waals surface area (Å²) in [5.74, 6) is 2.49. The molecule has 1 aliphatic heterocycles. The molecular weight excluding hydrogens is 400 g/mol. The molecule has 6 heteroatoms. The quantitative estimate of drug-likeness (QED) is 0.566. The van der Waals surface area contributed by atoms with E-state index in [1.165, 1.54) is 0 Å². The van der Waals surface area contributed by atoms with Crippen molar-refractivity contribution in [3.63, 3.8) is 0 Å². The van der Waals surface area contributed by atoms with Crippen LogP contribution >= 0.6 is 11.6 Å². The first-order valence-corrected chi connectivity index (χ1v) is 10.6. The average molecular weight is 425 g/mol. The Morgan fingerprint density at radius 3 is 2.97 bits per heavy atom. The lowest BCUT2D eigenvalue weighted by Crippen LogP contribution is -2.40. The lowest BCUT2D eigenvalue weighted by atomic mass is 9.97. The van der Waals surface area contributed by atoms with Gasteiger partial charge in [-0.25, -0.2) is 4.98 Å². The monoisotopic (exact) mass is 424 g/mol. The van der Waals surface area contributed by atoms with Gasteiger partial charge in [0.2, 0.25) is 5.91 Å². The van der Waals surface area contributed by atoms with Crippen molar-refractivity contribution in [3.8, 4) is 5.75 Å². The summed E-state index contributed by atoms with van der Waals surface area (Å²) in [5, 5.41) is 0.712. The van der Waals surface area contributed by atoms with Gasteiger partial charge in [-0.2, -0.15) is 0 Å². The summed E-state index contributed by atoms with van der Waals surface area (Å²) in [7, 11) is 1.63. The molecule has 3 aromatic rings. The molecule has 1 saturated heterocycles. The molecule has 0 N–H and O–H groups in total. The van der Waals surface area contributed by atoms with Gasteiger partial charge < -0.3 is 14.1 Å². The van der Waals surface area contributed by atoms with Gasteiger partial charge in [0.15, 0.2) is 5.89 Å². The van der Waals surface area contributed by atoms with Crippen molar-refractivity contribution in [2.75, 3.05) is 20.2 Å². The van der Waals surface area contributed by atoms with E-state index in [0.717, 1.165) is 42.0 Å². The number of oxazole rings is 1. The third-order valence-electron chi connectivity index (χ3n) is 5.50. The van der Waals surface area contributed by atoms with Crippen molar-refractivity contribution < 1.29 is 13.9 Å². The van der Waals surface area contributed by atoms with Gasteiger partial charge in [-0.1, -0.05) is 41.9 Å². The molecule has 156 valence electrons. The van der Waals surface area contributed by atoms with Gasteiger partial charge >= 0.3 is 0 Å². The van der Waals surface area contributed by atoms with Gasteiger partial charge in [0.05, 0.1) is 25.6 Å². The fourth-order valence-electron chi connectivity index (χ4n) is 3.97. The summed E-state index contributed by atoms with van der Waals surface area (Å²) in [6, 6.07) is 15.4. The predicted molar refractivity (Wildman–Crippen MR) is 116 cm³/mol. The Labute approximate surface area is 181 Å². The van der Waals surface area contributed by atoms with Crippen molar-refractivity contribution in [3.05, 3.63) is 82.5 Å². The summed E-state index contributed by atoms with van der Waals surface area (Å²) in [6.45, 7) is 1.39. The first-order valence-electron chi connectivity index (χ1n) is 10.2. The van der Waals surface area contributed by atoms with E-state index < -0.39 is 0 Å². The summed E-state index contributed by atoms with van der Waals surface area (Å²) >= 11 is 6.07. The number of aromatic nitrogens is 1. The predicted octanol–water partition coefficient (Wildman–Crippen LogP) is 4.88. The fraction of sp³-hybridized carbons (Fsp3) is 0.333. The standard InChI is InChI=1S/C24H25ClN2O3/c1-29-22-10-3-2-7-18(22)14-23(28)27-11-5-8-19(16-27)24-26-15-21(30-24)13-17-6-4-9-20(25)12-17/h2-4,6-7,9-10,12,15,19H,5,8,11,13-14,16H2,1H3/t19-/m0/s1. The van der Waals surface area contributed by atoms with Crippen LogP contribution < -0.4 is 4.74 Å². The number of para-hydroxylation sites is 1. The van der Waals surface area contributed by atoms with Crippen LogP contribution in [0.4, 0.5) is 0 Å². The molecule has 0 saturated carbocycles. The van der Waals surface area contributed by atoms with E-state index in [0.29, 0.717) is 30.3 Å². The Hall–Kier alpha value is -2.79. The summed E-state index contributed by atoms with van der Waals surface area (Å²) in [4.78, 5) is 19.3. The number of hydrogen-bond donors (Lipinski definition) is 0. The number of nitrogens with zero attached hydrogens (tertiary/aromatic N) is 2. The van der Waals surface area contributed by atoms with Gasteiger partial charge in [-0.15, -0.1) is 0 Å². The fourth-order valence-corrected chi connectivity index (χ4v) is 4.18.